The van der Waals surface area contributed by atoms with E-state index in [4.69, 9.17) is 4.74 Å². The summed E-state index contributed by atoms with van der Waals surface area (Å²) in [6.45, 7) is 3.82. The van der Waals surface area contributed by atoms with Crippen molar-refractivity contribution in [2.45, 2.75) is 13.8 Å². The van der Waals surface area contributed by atoms with Gasteiger partial charge in [0.1, 0.15) is 10.6 Å². The number of hydrogen-bond acceptors (Lipinski definition) is 6. The predicted octanol–water partition coefficient (Wildman–Crippen LogP) is 5.60. The number of anilines is 3. The van der Waals surface area contributed by atoms with Crippen molar-refractivity contribution in [1.82, 2.24) is 9.97 Å². The number of aryl methyl sites for hydroxylation is 2. The van der Waals surface area contributed by atoms with Gasteiger partial charge in [-0.2, -0.15) is 0 Å². The van der Waals surface area contributed by atoms with E-state index < -0.39 is 0 Å². The number of nitrogens with one attached hydrogen (secondary N) is 1. The Balaban J connectivity index is 1.56. The van der Waals surface area contributed by atoms with Gasteiger partial charge in [0.15, 0.2) is 6.29 Å². The lowest BCUT2D eigenvalue weighted by molar-refractivity contribution is 0.112. The summed E-state index contributed by atoms with van der Waals surface area (Å²) in [4.78, 5) is 35.9. The molecule has 30 heavy (non-hydrogen) atoms. The molecule has 4 heterocycles. The second-order valence-electron chi connectivity index (χ2n) is 6.90. The molecule has 1 N–H and O–H groups in total. The van der Waals surface area contributed by atoms with Gasteiger partial charge in [-0.1, -0.05) is 6.07 Å². The van der Waals surface area contributed by atoms with E-state index in [-0.39, 0.29) is 6.03 Å². The van der Waals surface area contributed by atoms with E-state index in [1.807, 2.05) is 38.1 Å². The van der Waals surface area contributed by atoms with E-state index in [9.17, 15) is 9.59 Å². The fourth-order valence-corrected chi connectivity index (χ4v) is 4.50. The normalized spacial score (nSPS) is 12.7. The van der Waals surface area contributed by atoms with Crippen LogP contribution in [0, 0.1) is 13.8 Å². The van der Waals surface area contributed by atoms with Crippen molar-refractivity contribution in [2.75, 3.05) is 10.2 Å². The van der Waals surface area contributed by atoms with Gasteiger partial charge in [-0.25, -0.2) is 14.8 Å². The number of amides is 2. The smallest absolute Gasteiger partial charge is 0.331 e. The van der Waals surface area contributed by atoms with Gasteiger partial charge in [0.25, 0.3) is 0 Å². The second-order valence-corrected chi connectivity index (χ2v) is 7.93. The second kappa shape index (κ2) is 6.93. The summed E-state index contributed by atoms with van der Waals surface area (Å²) >= 11 is 1.26. The molecule has 0 atom stereocenters. The molecule has 0 bridgehead atoms. The zero-order valence-electron chi connectivity index (χ0n) is 16.2. The number of benzene rings is 1. The third-order valence-electron chi connectivity index (χ3n) is 4.87. The summed E-state index contributed by atoms with van der Waals surface area (Å²) in [5.74, 6) is 1.14. The van der Waals surface area contributed by atoms with Gasteiger partial charge in [-0.3, -0.25) is 9.69 Å². The van der Waals surface area contributed by atoms with E-state index in [0.29, 0.717) is 38.4 Å². The molecule has 0 radical (unpaired) electrons. The van der Waals surface area contributed by atoms with Crippen LogP contribution in [0.5, 0.6) is 11.6 Å². The first-order chi connectivity index (χ1) is 14.5. The molecule has 3 aromatic heterocycles. The van der Waals surface area contributed by atoms with E-state index in [1.165, 1.54) is 11.3 Å². The van der Waals surface area contributed by atoms with Crippen LogP contribution in [0.1, 0.15) is 20.9 Å². The van der Waals surface area contributed by atoms with Gasteiger partial charge in [0, 0.05) is 18.0 Å². The van der Waals surface area contributed by atoms with Gasteiger partial charge in [0.05, 0.1) is 27.3 Å². The van der Waals surface area contributed by atoms with Gasteiger partial charge in [-0.05, 0) is 49.7 Å². The highest BCUT2D eigenvalue weighted by atomic mass is 32.1. The van der Waals surface area contributed by atoms with Crippen LogP contribution < -0.4 is 15.0 Å². The monoisotopic (exact) mass is 416 g/mol. The van der Waals surface area contributed by atoms with Crippen LogP contribution in [0.15, 0.2) is 48.7 Å². The highest BCUT2D eigenvalue weighted by Crippen LogP contribution is 2.45. The lowest BCUT2D eigenvalue weighted by Crippen LogP contribution is -2.34. The van der Waals surface area contributed by atoms with Crippen molar-refractivity contribution in [1.29, 1.82) is 0 Å². The highest BCUT2D eigenvalue weighted by Gasteiger charge is 2.31. The molecule has 0 saturated carbocycles. The number of hydrogen-bond donors (Lipinski definition) is 1. The lowest BCUT2D eigenvalue weighted by Gasteiger charge is -2.29. The molecule has 5 rings (SSSR count). The Labute approximate surface area is 176 Å². The summed E-state index contributed by atoms with van der Waals surface area (Å²) in [5, 5.41) is 3.62. The molecule has 1 aliphatic rings. The quantitative estimate of drug-likeness (QED) is 0.438. The Hall–Kier alpha value is -3.78. The molecule has 0 unspecified atom stereocenters. The first-order valence-electron chi connectivity index (χ1n) is 9.25. The number of urea groups is 1. The Kier molecular flexibility index (Phi) is 4.22. The van der Waals surface area contributed by atoms with Crippen molar-refractivity contribution in [3.63, 3.8) is 0 Å². The molecule has 0 spiro atoms. The Morgan fingerprint density at radius 1 is 1.13 bits per heavy atom. The van der Waals surface area contributed by atoms with Gasteiger partial charge >= 0.3 is 6.03 Å². The third-order valence-corrected chi connectivity index (χ3v) is 5.90. The van der Waals surface area contributed by atoms with Crippen LogP contribution in [0.25, 0.3) is 10.2 Å². The van der Waals surface area contributed by atoms with Crippen molar-refractivity contribution in [2.24, 2.45) is 0 Å². The number of aldehydes is 1. The third kappa shape index (κ3) is 2.89. The van der Waals surface area contributed by atoms with Crippen LogP contribution in [0.4, 0.5) is 21.9 Å². The first-order valence-corrected chi connectivity index (χ1v) is 10.1. The van der Waals surface area contributed by atoms with Crippen molar-refractivity contribution in [3.8, 4) is 11.6 Å². The number of ether oxygens (including phenoxy) is 1. The largest absolute Gasteiger partial charge is 0.439 e. The van der Waals surface area contributed by atoms with Crippen LogP contribution in [-0.2, 0) is 0 Å². The Bertz CT molecular complexity index is 1330. The number of carbonyl (C=O) groups is 2. The fraction of sp³-hybridized carbons (Fsp3) is 0.0909. The van der Waals surface area contributed by atoms with Gasteiger partial charge < -0.3 is 10.1 Å². The molecule has 7 nitrogen and oxygen atoms in total. The van der Waals surface area contributed by atoms with Crippen molar-refractivity contribution >= 4 is 50.9 Å². The minimum absolute atomic E-state index is 0.325. The summed E-state index contributed by atoms with van der Waals surface area (Å²) in [7, 11) is 0. The Morgan fingerprint density at radius 2 is 2.00 bits per heavy atom. The zero-order valence-corrected chi connectivity index (χ0v) is 17.0. The predicted molar refractivity (Wildman–Crippen MR) is 116 cm³/mol. The number of carbonyl (C=O) groups excluding carboxylic acids is 2. The van der Waals surface area contributed by atoms with E-state index in [2.05, 4.69) is 15.3 Å². The number of aromatic nitrogens is 2. The number of rotatable bonds is 4. The molecule has 148 valence electrons. The lowest BCUT2D eigenvalue weighted by atomic mass is 10.1. The summed E-state index contributed by atoms with van der Waals surface area (Å²) in [6.07, 6.45) is 2.40. The molecule has 1 aliphatic heterocycles. The average Bonchev–Trinajstić information content (AvgIpc) is 3.08. The molecule has 1 aromatic carbocycles. The van der Waals surface area contributed by atoms with Gasteiger partial charge in [-0.15, -0.1) is 11.3 Å². The van der Waals surface area contributed by atoms with Crippen LogP contribution in [0.3, 0.4) is 0 Å². The van der Waals surface area contributed by atoms with Crippen LogP contribution >= 0.6 is 11.3 Å². The minimum Gasteiger partial charge on any atom is -0.439 e. The van der Waals surface area contributed by atoms with E-state index in [1.54, 1.807) is 29.3 Å². The molecule has 0 saturated heterocycles. The highest BCUT2D eigenvalue weighted by molar-refractivity contribution is 7.21. The molecule has 0 aliphatic carbocycles. The summed E-state index contributed by atoms with van der Waals surface area (Å²) in [5.41, 5.74) is 3.66. The SMILES string of the molecule is Cc1cccc(Oc2ccc(N3C(=O)Nc4c(C=O)sc5nccc3c45)c(C)c2)n1. The van der Waals surface area contributed by atoms with Crippen molar-refractivity contribution in [3.05, 3.63) is 64.8 Å². The zero-order chi connectivity index (χ0) is 20.8. The van der Waals surface area contributed by atoms with E-state index >= 15 is 0 Å². The standard InChI is InChI=1S/C22H16N4O3S/c1-12-10-14(29-18-5-3-4-13(2)24-18)6-7-15(12)26-16-8-9-23-21-19(16)20(25-22(26)28)17(11-27)30-21/h3-11H,1-2H3,(H,25,28). The van der Waals surface area contributed by atoms with Gasteiger partial charge in [0.2, 0.25) is 5.88 Å². The topological polar surface area (TPSA) is 84.4 Å². The molecule has 2 amide bonds. The summed E-state index contributed by atoms with van der Waals surface area (Å²) in [6, 6.07) is 12.6. The number of pyridine rings is 2. The maximum absolute atomic E-state index is 13.0. The fourth-order valence-electron chi connectivity index (χ4n) is 3.57. The Morgan fingerprint density at radius 3 is 2.77 bits per heavy atom. The number of nitrogens with zero attached hydrogens (tertiary/aromatic N) is 3. The van der Waals surface area contributed by atoms with Crippen molar-refractivity contribution < 1.29 is 14.3 Å². The van der Waals surface area contributed by atoms with Crippen LogP contribution in [0.2, 0.25) is 0 Å². The average molecular weight is 416 g/mol. The molecule has 8 heteroatoms. The molecular weight excluding hydrogens is 400 g/mol. The maximum atomic E-state index is 13.0. The van der Waals surface area contributed by atoms with E-state index in [0.717, 1.165) is 22.9 Å². The molecule has 4 aromatic rings. The first kappa shape index (κ1) is 18.3. The molecule has 0 fully saturated rings. The number of thiophene rings is 1. The molecular formula is C22H16N4O3S. The van der Waals surface area contributed by atoms with Crippen LogP contribution in [-0.4, -0.2) is 22.3 Å². The summed E-state index contributed by atoms with van der Waals surface area (Å²) < 4.78 is 5.86. The maximum Gasteiger partial charge on any atom is 0.331 e. The minimum atomic E-state index is -0.325.